The summed E-state index contributed by atoms with van der Waals surface area (Å²) >= 11 is 3.38. The fraction of sp³-hybridized carbons (Fsp3) is 0.308. The first-order chi connectivity index (χ1) is 9.35. The quantitative estimate of drug-likeness (QED) is 0.858. The zero-order valence-electron chi connectivity index (χ0n) is 11.0. The minimum absolute atomic E-state index is 0.0580. The Balaban J connectivity index is 2.10. The highest BCUT2D eigenvalue weighted by atomic mass is 79.9. The number of rotatable bonds is 5. The number of imidazole rings is 1. The molecule has 1 aromatic heterocycles. The van der Waals surface area contributed by atoms with Gasteiger partial charge in [-0.2, -0.15) is 0 Å². The van der Waals surface area contributed by atoms with E-state index in [1.54, 1.807) is 6.20 Å². The third-order valence-corrected chi connectivity index (χ3v) is 4.41. The van der Waals surface area contributed by atoms with E-state index in [2.05, 4.69) is 25.9 Å². The standard InChI is InChI=1S/C13H16BrN3O2S/c1-20(18,19)7-6-11(15)13-16-8-12(17-13)9-2-4-10(14)5-3-9/h2-5,8,11H,6-7,15H2,1H3,(H,16,17). The van der Waals surface area contributed by atoms with Crippen molar-refractivity contribution >= 4 is 25.8 Å². The molecule has 0 aliphatic heterocycles. The number of aromatic nitrogens is 2. The second-order valence-corrected chi connectivity index (χ2v) is 7.89. The number of aromatic amines is 1. The minimum Gasteiger partial charge on any atom is -0.341 e. The number of nitrogens with one attached hydrogen (secondary N) is 1. The molecule has 0 amide bonds. The molecular formula is C13H16BrN3O2S. The van der Waals surface area contributed by atoms with E-state index in [4.69, 9.17) is 5.73 Å². The summed E-state index contributed by atoms with van der Waals surface area (Å²) in [5.41, 5.74) is 7.82. The molecule has 1 atom stereocenters. The lowest BCUT2D eigenvalue weighted by Crippen LogP contribution is -2.16. The third kappa shape index (κ3) is 4.16. The molecule has 0 spiro atoms. The Morgan fingerprint density at radius 2 is 2.00 bits per heavy atom. The fourth-order valence-corrected chi connectivity index (χ4v) is 2.73. The summed E-state index contributed by atoms with van der Waals surface area (Å²) in [5, 5.41) is 0. The average Bonchev–Trinajstić information content (AvgIpc) is 2.85. The van der Waals surface area contributed by atoms with Crippen molar-refractivity contribution in [2.75, 3.05) is 12.0 Å². The van der Waals surface area contributed by atoms with E-state index < -0.39 is 15.9 Å². The first-order valence-corrected chi connectivity index (χ1v) is 8.94. The Morgan fingerprint density at radius 1 is 1.35 bits per heavy atom. The first-order valence-electron chi connectivity index (χ1n) is 6.09. The van der Waals surface area contributed by atoms with E-state index >= 15 is 0 Å². The van der Waals surface area contributed by atoms with Crippen LogP contribution in [0.4, 0.5) is 0 Å². The maximum Gasteiger partial charge on any atom is 0.147 e. The minimum atomic E-state index is -3.00. The van der Waals surface area contributed by atoms with Gasteiger partial charge in [-0.15, -0.1) is 0 Å². The van der Waals surface area contributed by atoms with Crippen molar-refractivity contribution in [1.82, 2.24) is 9.97 Å². The Kier molecular flexibility index (Phi) is 4.62. The summed E-state index contributed by atoms with van der Waals surface area (Å²) in [7, 11) is -3.00. The molecule has 108 valence electrons. The molecule has 0 saturated heterocycles. The van der Waals surface area contributed by atoms with E-state index in [0.29, 0.717) is 12.2 Å². The number of benzene rings is 1. The highest BCUT2D eigenvalue weighted by molar-refractivity contribution is 9.10. The van der Waals surface area contributed by atoms with Crippen LogP contribution in [0.3, 0.4) is 0 Å². The van der Waals surface area contributed by atoms with Crippen LogP contribution in [0.5, 0.6) is 0 Å². The number of H-pyrrole nitrogens is 1. The molecule has 0 bridgehead atoms. The van der Waals surface area contributed by atoms with Gasteiger partial charge in [-0.3, -0.25) is 0 Å². The number of sulfone groups is 1. The number of hydrogen-bond acceptors (Lipinski definition) is 4. The molecule has 1 heterocycles. The van der Waals surface area contributed by atoms with E-state index in [9.17, 15) is 8.42 Å². The van der Waals surface area contributed by atoms with Crippen molar-refractivity contribution in [1.29, 1.82) is 0 Å². The van der Waals surface area contributed by atoms with E-state index in [0.717, 1.165) is 15.7 Å². The van der Waals surface area contributed by atoms with Crippen molar-refractivity contribution in [3.05, 3.63) is 40.8 Å². The Labute approximate surface area is 126 Å². The molecule has 0 saturated carbocycles. The van der Waals surface area contributed by atoms with Crippen LogP contribution in [-0.2, 0) is 9.84 Å². The monoisotopic (exact) mass is 357 g/mol. The van der Waals surface area contributed by atoms with Crippen LogP contribution in [0.15, 0.2) is 34.9 Å². The highest BCUT2D eigenvalue weighted by Crippen LogP contribution is 2.21. The van der Waals surface area contributed by atoms with Crippen LogP contribution < -0.4 is 5.73 Å². The fourth-order valence-electron chi connectivity index (χ4n) is 1.78. The largest absolute Gasteiger partial charge is 0.341 e. The van der Waals surface area contributed by atoms with Crippen LogP contribution >= 0.6 is 15.9 Å². The van der Waals surface area contributed by atoms with Gasteiger partial charge in [-0.05, 0) is 24.1 Å². The van der Waals surface area contributed by atoms with Gasteiger partial charge in [-0.25, -0.2) is 13.4 Å². The van der Waals surface area contributed by atoms with E-state index in [1.807, 2.05) is 24.3 Å². The molecule has 3 N–H and O–H groups in total. The van der Waals surface area contributed by atoms with Gasteiger partial charge >= 0.3 is 0 Å². The molecule has 0 radical (unpaired) electrons. The van der Waals surface area contributed by atoms with Crippen LogP contribution in [0, 0.1) is 0 Å². The number of nitrogens with two attached hydrogens (primary N) is 1. The highest BCUT2D eigenvalue weighted by Gasteiger charge is 2.13. The van der Waals surface area contributed by atoms with Gasteiger partial charge in [0.2, 0.25) is 0 Å². The van der Waals surface area contributed by atoms with Gasteiger partial charge in [-0.1, -0.05) is 28.1 Å². The predicted octanol–water partition coefficient (Wildman–Crippen LogP) is 2.27. The van der Waals surface area contributed by atoms with Crippen LogP contribution in [0.1, 0.15) is 18.3 Å². The summed E-state index contributed by atoms with van der Waals surface area (Å²) in [6.07, 6.45) is 3.26. The third-order valence-electron chi connectivity index (χ3n) is 2.90. The predicted molar refractivity (Wildman–Crippen MR) is 83.0 cm³/mol. The molecule has 1 aromatic carbocycles. The lowest BCUT2D eigenvalue weighted by molar-refractivity contribution is 0.588. The second-order valence-electron chi connectivity index (χ2n) is 4.71. The van der Waals surface area contributed by atoms with Gasteiger partial charge in [0.15, 0.2) is 0 Å². The molecule has 2 aromatic rings. The molecule has 0 fully saturated rings. The lowest BCUT2D eigenvalue weighted by Gasteiger charge is -2.07. The molecule has 0 aliphatic carbocycles. The summed E-state index contributed by atoms with van der Waals surface area (Å²) in [6, 6.07) is 7.40. The van der Waals surface area contributed by atoms with Crippen molar-refractivity contribution < 1.29 is 8.42 Å². The van der Waals surface area contributed by atoms with Crippen molar-refractivity contribution in [2.45, 2.75) is 12.5 Å². The maximum atomic E-state index is 11.1. The van der Waals surface area contributed by atoms with Crippen LogP contribution in [-0.4, -0.2) is 30.4 Å². The number of halogens is 1. The summed E-state index contributed by atoms with van der Waals surface area (Å²) in [5.74, 6) is 0.661. The van der Waals surface area contributed by atoms with Gasteiger partial charge in [0, 0.05) is 10.7 Å². The topological polar surface area (TPSA) is 88.8 Å². The van der Waals surface area contributed by atoms with Crippen LogP contribution in [0.25, 0.3) is 11.3 Å². The Morgan fingerprint density at radius 3 is 2.60 bits per heavy atom. The van der Waals surface area contributed by atoms with Crippen molar-refractivity contribution in [3.8, 4) is 11.3 Å². The Bertz CT molecular complexity index is 680. The van der Waals surface area contributed by atoms with Gasteiger partial charge < -0.3 is 10.7 Å². The summed E-state index contributed by atoms with van der Waals surface area (Å²) in [6.45, 7) is 0. The molecule has 5 nitrogen and oxygen atoms in total. The summed E-state index contributed by atoms with van der Waals surface area (Å²) < 4.78 is 23.3. The molecular weight excluding hydrogens is 342 g/mol. The zero-order valence-corrected chi connectivity index (χ0v) is 13.4. The molecule has 2 rings (SSSR count). The lowest BCUT2D eigenvalue weighted by atomic mass is 10.2. The maximum absolute atomic E-state index is 11.1. The molecule has 20 heavy (non-hydrogen) atoms. The van der Waals surface area contributed by atoms with E-state index in [-0.39, 0.29) is 5.75 Å². The first kappa shape index (κ1) is 15.2. The van der Waals surface area contributed by atoms with Crippen molar-refractivity contribution in [2.24, 2.45) is 5.73 Å². The van der Waals surface area contributed by atoms with Crippen molar-refractivity contribution in [3.63, 3.8) is 0 Å². The van der Waals surface area contributed by atoms with Crippen LogP contribution in [0.2, 0.25) is 0 Å². The smallest absolute Gasteiger partial charge is 0.147 e. The number of hydrogen-bond donors (Lipinski definition) is 2. The average molecular weight is 358 g/mol. The van der Waals surface area contributed by atoms with Gasteiger partial charge in [0.05, 0.1) is 23.7 Å². The normalized spacial score (nSPS) is 13.3. The SMILES string of the molecule is CS(=O)(=O)CCC(N)c1ncc(-c2ccc(Br)cc2)[nH]1. The molecule has 1 unspecified atom stereocenters. The van der Waals surface area contributed by atoms with E-state index in [1.165, 1.54) is 6.26 Å². The summed E-state index contributed by atoms with van der Waals surface area (Å²) in [4.78, 5) is 7.37. The van der Waals surface area contributed by atoms with Gasteiger partial charge in [0.25, 0.3) is 0 Å². The molecule has 7 heteroatoms. The Hall–Kier alpha value is -1.18. The molecule has 0 aliphatic rings. The zero-order chi connectivity index (χ0) is 14.8. The number of nitrogens with zero attached hydrogens (tertiary/aromatic N) is 1. The van der Waals surface area contributed by atoms with Gasteiger partial charge in [0.1, 0.15) is 15.7 Å². The second kappa shape index (κ2) is 6.07.